The van der Waals surface area contributed by atoms with Crippen molar-refractivity contribution in [1.29, 1.82) is 0 Å². The van der Waals surface area contributed by atoms with Crippen molar-refractivity contribution in [3.63, 3.8) is 0 Å². The van der Waals surface area contributed by atoms with Crippen molar-refractivity contribution in [3.05, 3.63) is 29.8 Å². The second-order valence-corrected chi connectivity index (χ2v) is 7.12. The number of aryl methyl sites for hydroxylation is 1. The van der Waals surface area contributed by atoms with E-state index >= 15 is 0 Å². The highest BCUT2D eigenvalue weighted by molar-refractivity contribution is 8.13. The molecule has 1 heterocycles. The maximum atomic E-state index is 11.0. The first-order valence-electron chi connectivity index (χ1n) is 5.89. The highest BCUT2D eigenvalue weighted by Gasteiger charge is 2.15. The minimum absolute atomic E-state index is 0.0318. The highest BCUT2D eigenvalue weighted by Crippen LogP contribution is 2.22. The Kier molecular flexibility index (Phi) is 4.48. The fourth-order valence-electron chi connectivity index (χ4n) is 2.07. The van der Waals surface area contributed by atoms with Crippen LogP contribution in [0.3, 0.4) is 0 Å². The third-order valence-corrected chi connectivity index (χ3v) is 4.11. The van der Waals surface area contributed by atoms with Gasteiger partial charge in [0.15, 0.2) is 0 Å². The minimum Gasteiger partial charge on any atom is -0.378 e. The molecule has 0 spiro atoms. The molecule has 1 aromatic rings. The molecule has 6 heteroatoms. The first kappa shape index (κ1) is 13.6. The standard InChI is InChI=1S/C12H16ClNO3S/c13-18(15,16)10-5-11-3-1-2-4-12(11)14-6-8-17-9-7-14/h1-4H,5-10H2. The predicted molar refractivity (Wildman–Crippen MR) is 72.8 cm³/mol. The third-order valence-electron chi connectivity index (χ3n) is 2.96. The third kappa shape index (κ3) is 3.86. The van der Waals surface area contributed by atoms with Crippen LogP contribution in [0, 0.1) is 0 Å². The summed E-state index contributed by atoms with van der Waals surface area (Å²) in [6.45, 7) is 3.10. The van der Waals surface area contributed by atoms with Gasteiger partial charge in [-0.25, -0.2) is 8.42 Å². The lowest BCUT2D eigenvalue weighted by atomic mass is 10.1. The van der Waals surface area contributed by atoms with Crippen LogP contribution in [0.1, 0.15) is 5.56 Å². The van der Waals surface area contributed by atoms with E-state index in [1.54, 1.807) is 0 Å². The molecule has 4 nitrogen and oxygen atoms in total. The zero-order chi connectivity index (χ0) is 13.0. The van der Waals surface area contributed by atoms with Gasteiger partial charge < -0.3 is 9.64 Å². The number of para-hydroxylation sites is 1. The average Bonchev–Trinajstić information content (AvgIpc) is 2.37. The second kappa shape index (κ2) is 5.91. The monoisotopic (exact) mass is 289 g/mol. The maximum absolute atomic E-state index is 11.0. The molecular formula is C12H16ClNO3S. The van der Waals surface area contributed by atoms with Crippen molar-refractivity contribution in [2.75, 3.05) is 37.0 Å². The molecule has 0 saturated carbocycles. The summed E-state index contributed by atoms with van der Waals surface area (Å²) in [5.74, 6) is -0.0318. The largest absolute Gasteiger partial charge is 0.378 e. The average molecular weight is 290 g/mol. The summed E-state index contributed by atoms with van der Waals surface area (Å²) >= 11 is 0. The van der Waals surface area contributed by atoms with E-state index in [9.17, 15) is 8.42 Å². The summed E-state index contributed by atoms with van der Waals surface area (Å²) in [4.78, 5) is 2.22. The van der Waals surface area contributed by atoms with Gasteiger partial charge in [-0.15, -0.1) is 0 Å². The first-order chi connectivity index (χ1) is 8.56. The number of hydrogen-bond acceptors (Lipinski definition) is 4. The topological polar surface area (TPSA) is 46.6 Å². The number of anilines is 1. The van der Waals surface area contributed by atoms with Gasteiger partial charge in [-0.3, -0.25) is 0 Å². The van der Waals surface area contributed by atoms with Crippen LogP contribution >= 0.6 is 10.7 Å². The summed E-state index contributed by atoms with van der Waals surface area (Å²) < 4.78 is 27.4. The first-order valence-corrected chi connectivity index (χ1v) is 8.37. The molecular weight excluding hydrogens is 274 g/mol. The summed E-state index contributed by atoms with van der Waals surface area (Å²) in [5, 5.41) is 0. The SMILES string of the molecule is O=S(=O)(Cl)CCc1ccccc1N1CCOCC1. The fraction of sp³-hybridized carbons (Fsp3) is 0.500. The van der Waals surface area contributed by atoms with E-state index in [0.29, 0.717) is 19.6 Å². The Morgan fingerprint density at radius 2 is 1.89 bits per heavy atom. The van der Waals surface area contributed by atoms with Crippen LogP contribution in [0.25, 0.3) is 0 Å². The summed E-state index contributed by atoms with van der Waals surface area (Å²) in [5.41, 5.74) is 2.10. The number of halogens is 1. The van der Waals surface area contributed by atoms with Gasteiger partial charge >= 0.3 is 0 Å². The van der Waals surface area contributed by atoms with Crippen LogP contribution < -0.4 is 4.90 Å². The smallest absolute Gasteiger partial charge is 0.232 e. The van der Waals surface area contributed by atoms with Gasteiger partial charge in [-0.05, 0) is 18.1 Å². The molecule has 1 fully saturated rings. The molecule has 0 aliphatic carbocycles. The summed E-state index contributed by atoms with van der Waals surface area (Å²) in [6, 6.07) is 7.85. The Bertz CT molecular complexity index is 498. The van der Waals surface area contributed by atoms with Crippen LogP contribution in [0.15, 0.2) is 24.3 Å². The number of ether oxygens (including phenoxy) is 1. The molecule has 1 saturated heterocycles. The van der Waals surface area contributed by atoms with Crippen LogP contribution in [-0.2, 0) is 20.2 Å². The maximum Gasteiger partial charge on any atom is 0.232 e. The van der Waals surface area contributed by atoms with Crippen molar-refractivity contribution >= 4 is 25.4 Å². The zero-order valence-corrected chi connectivity index (χ0v) is 11.6. The van der Waals surface area contributed by atoms with E-state index in [1.807, 2.05) is 24.3 Å². The zero-order valence-electron chi connectivity index (χ0n) is 10.0. The second-order valence-electron chi connectivity index (χ2n) is 4.22. The fourth-order valence-corrected chi connectivity index (χ4v) is 2.76. The van der Waals surface area contributed by atoms with Gasteiger partial charge in [0.2, 0.25) is 9.05 Å². The van der Waals surface area contributed by atoms with Crippen molar-refractivity contribution < 1.29 is 13.2 Å². The minimum atomic E-state index is -3.44. The Hall–Kier alpha value is -0.780. The predicted octanol–water partition coefficient (Wildman–Crippen LogP) is 1.63. The lowest BCUT2D eigenvalue weighted by Crippen LogP contribution is -2.36. The van der Waals surface area contributed by atoms with E-state index in [1.165, 1.54) is 0 Å². The van der Waals surface area contributed by atoms with E-state index in [2.05, 4.69) is 4.90 Å². The molecule has 2 rings (SSSR count). The van der Waals surface area contributed by atoms with Gasteiger partial charge in [0.1, 0.15) is 0 Å². The lowest BCUT2D eigenvalue weighted by Gasteiger charge is -2.30. The molecule has 0 unspecified atom stereocenters. The van der Waals surface area contributed by atoms with Crippen molar-refractivity contribution in [2.24, 2.45) is 0 Å². The molecule has 1 aliphatic rings. The molecule has 0 amide bonds. The van der Waals surface area contributed by atoms with Gasteiger partial charge in [0.25, 0.3) is 0 Å². The van der Waals surface area contributed by atoms with E-state index in [4.69, 9.17) is 15.4 Å². The van der Waals surface area contributed by atoms with Crippen LogP contribution in [0.2, 0.25) is 0 Å². The van der Waals surface area contributed by atoms with E-state index in [0.717, 1.165) is 24.3 Å². The summed E-state index contributed by atoms with van der Waals surface area (Å²) in [7, 11) is 1.82. The molecule has 0 aromatic heterocycles. The Labute approximate surface area is 112 Å². The van der Waals surface area contributed by atoms with Gasteiger partial charge in [0, 0.05) is 29.5 Å². The van der Waals surface area contributed by atoms with Gasteiger partial charge in [-0.2, -0.15) is 0 Å². The van der Waals surface area contributed by atoms with Crippen LogP contribution in [-0.4, -0.2) is 40.5 Å². The number of morpholine rings is 1. The van der Waals surface area contributed by atoms with Gasteiger partial charge in [0.05, 0.1) is 19.0 Å². The van der Waals surface area contributed by atoms with Crippen LogP contribution in [0.4, 0.5) is 5.69 Å². The van der Waals surface area contributed by atoms with E-state index in [-0.39, 0.29) is 5.75 Å². The number of rotatable bonds is 4. The molecule has 0 N–H and O–H groups in total. The Balaban J connectivity index is 2.14. The molecule has 0 radical (unpaired) electrons. The highest BCUT2D eigenvalue weighted by atomic mass is 35.7. The molecule has 1 aromatic carbocycles. The molecule has 1 aliphatic heterocycles. The lowest BCUT2D eigenvalue weighted by molar-refractivity contribution is 0.122. The van der Waals surface area contributed by atoms with Crippen molar-refractivity contribution in [1.82, 2.24) is 0 Å². The van der Waals surface area contributed by atoms with Gasteiger partial charge in [-0.1, -0.05) is 18.2 Å². The Morgan fingerprint density at radius 3 is 2.56 bits per heavy atom. The van der Waals surface area contributed by atoms with E-state index < -0.39 is 9.05 Å². The molecule has 100 valence electrons. The summed E-state index contributed by atoms with van der Waals surface area (Å²) in [6.07, 6.45) is 0.444. The number of benzene rings is 1. The van der Waals surface area contributed by atoms with Crippen molar-refractivity contribution in [3.8, 4) is 0 Å². The molecule has 18 heavy (non-hydrogen) atoms. The Morgan fingerprint density at radius 1 is 1.22 bits per heavy atom. The molecule has 0 atom stereocenters. The van der Waals surface area contributed by atoms with Crippen LogP contribution in [0.5, 0.6) is 0 Å². The number of nitrogens with zero attached hydrogens (tertiary/aromatic N) is 1. The number of hydrogen-bond donors (Lipinski definition) is 0. The quantitative estimate of drug-likeness (QED) is 0.791. The normalized spacial score (nSPS) is 16.8. The molecule has 0 bridgehead atoms. The van der Waals surface area contributed by atoms with Crippen molar-refractivity contribution in [2.45, 2.75) is 6.42 Å².